The topological polar surface area (TPSA) is 55.1 Å². The van der Waals surface area contributed by atoms with Crippen LogP contribution in [0.2, 0.25) is 0 Å². The highest BCUT2D eigenvalue weighted by Crippen LogP contribution is 2.11. The summed E-state index contributed by atoms with van der Waals surface area (Å²) in [5, 5.41) is 7.58. The lowest BCUT2D eigenvalue weighted by molar-refractivity contribution is 0.910. The van der Waals surface area contributed by atoms with Gasteiger partial charge in [-0.15, -0.1) is 16.4 Å². The van der Waals surface area contributed by atoms with Crippen LogP contribution in [0.1, 0.15) is 10.6 Å². The van der Waals surface area contributed by atoms with Crippen LogP contribution in [-0.4, -0.2) is 19.6 Å². The molecule has 3 heterocycles. The maximum absolute atomic E-state index is 4.40. The van der Waals surface area contributed by atoms with Crippen LogP contribution in [0.4, 0.5) is 5.95 Å². The van der Waals surface area contributed by atoms with E-state index in [1.165, 1.54) is 4.88 Å². The van der Waals surface area contributed by atoms with Crippen molar-refractivity contribution in [3.8, 4) is 0 Å². The van der Waals surface area contributed by atoms with E-state index in [2.05, 4.69) is 20.4 Å². The van der Waals surface area contributed by atoms with E-state index < -0.39 is 0 Å². The van der Waals surface area contributed by atoms with Gasteiger partial charge in [-0.1, -0.05) is 6.07 Å². The Balaban J connectivity index is 1.84. The Hall–Kier alpha value is -1.95. The molecule has 3 rings (SSSR count). The van der Waals surface area contributed by atoms with Gasteiger partial charge in [0.05, 0.1) is 12.1 Å². The van der Waals surface area contributed by atoms with Crippen molar-refractivity contribution in [2.75, 3.05) is 5.32 Å². The molecule has 6 heteroatoms. The number of fused-ring (bicyclic) bond motifs is 1. The van der Waals surface area contributed by atoms with Gasteiger partial charge in [0.25, 0.3) is 0 Å². The molecule has 0 saturated heterocycles. The molecular weight excluding hydrogens is 234 g/mol. The van der Waals surface area contributed by atoms with Crippen LogP contribution in [-0.2, 0) is 6.54 Å². The van der Waals surface area contributed by atoms with Gasteiger partial charge in [0.1, 0.15) is 0 Å². The Labute approximate surface area is 102 Å². The molecule has 0 aliphatic carbocycles. The zero-order chi connectivity index (χ0) is 11.7. The minimum atomic E-state index is 0.646. The Bertz CT molecular complexity index is 628. The van der Waals surface area contributed by atoms with E-state index in [-0.39, 0.29) is 0 Å². The first-order valence-electron chi connectivity index (χ1n) is 5.26. The van der Waals surface area contributed by atoms with Crippen LogP contribution < -0.4 is 5.32 Å². The Morgan fingerprint density at radius 1 is 1.41 bits per heavy atom. The van der Waals surface area contributed by atoms with Gasteiger partial charge >= 0.3 is 0 Å². The molecule has 0 saturated carbocycles. The number of aryl methyl sites for hydroxylation is 1. The number of anilines is 1. The highest BCUT2D eigenvalue weighted by Gasteiger charge is 2.04. The quantitative estimate of drug-likeness (QED) is 0.767. The van der Waals surface area contributed by atoms with E-state index in [0.29, 0.717) is 12.5 Å². The number of rotatable bonds is 3. The number of thiazole rings is 1. The first kappa shape index (κ1) is 10.2. The highest BCUT2D eigenvalue weighted by molar-refractivity contribution is 7.09. The van der Waals surface area contributed by atoms with Gasteiger partial charge in [-0.05, 0) is 19.1 Å². The van der Waals surface area contributed by atoms with Gasteiger partial charge in [0.15, 0.2) is 5.65 Å². The maximum atomic E-state index is 4.40. The molecule has 86 valence electrons. The van der Waals surface area contributed by atoms with E-state index in [1.54, 1.807) is 11.3 Å². The SMILES string of the molecule is Cc1cccc2nc(NCc3cncs3)nn12. The van der Waals surface area contributed by atoms with Crippen LogP contribution in [0.3, 0.4) is 0 Å². The lowest BCUT2D eigenvalue weighted by Gasteiger charge is -1.96. The second-order valence-corrected chi connectivity index (χ2v) is 4.66. The van der Waals surface area contributed by atoms with E-state index in [0.717, 1.165) is 11.3 Å². The second kappa shape index (κ2) is 4.14. The fraction of sp³-hybridized carbons (Fsp3) is 0.182. The van der Waals surface area contributed by atoms with Crippen molar-refractivity contribution in [1.82, 2.24) is 19.6 Å². The van der Waals surface area contributed by atoms with Crippen molar-refractivity contribution >= 4 is 22.9 Å². The second-order valence-electron chi connectivity index (χ2n) is 3.69. The first-order valence-corrected chi connectivity index (χ1v) is 6.14. The summed E-state index contributed by atoms with van der Waals surface area (Å²) in [7, 11) is 0. The summed E-state index contributed by atoms with van der Waals surface area (Å²) in [6.45, 7) is 2.72. The zero-order valence-corrected chi connectivity index (χ0v) is 10.1. The highest BCUT2D eigenvalue weighted by atomic mass is 32.1. The van der Waals surface area contributed by atoms with E-state index in [4.69, 9.17) is 0 Å². The third-order valence-corrected chi connectivity index (χ3v) is 3.23. The van der Waals surface area contributed by atoms with Crippen molar-refractivity contribution in [2.45, 2.75) is 13.5 Å². The molecule has 0 aliphatic heterocycles. The first-order chi connectivity index (χ1) is 8.33. The lowest BCUT2D eigenvalue weighted by atomic mass is 10.4. The summed E-state index contributed by atoms with van der Waals surface area (Å²) in [5.74, 6) is 0.646. The third kappa shape index (κ3) is 1.99. The largest absolute Gasteiger partial charge is 0.348 e. The van der Waals surface area contributed by atoms with Crippen molar-refractivity contribution in [3.05, 3.63) is 40.5 Å². The Morgan fingerprint density at radius 2 is 2.35 bits per heavy atom. The molecule has 17 heavy (non-hydrogen) atoms. The molecule has 0 spiro atoms. The Morgan fingerprint density at radius 3 is 3.12 bits per heavy atom. The van der Waals surface area contributed by atoms with Crippen LogP contribution >= 0.6 is 11.3 Å². The van der Waals surface area contributed by atoms with Crippen LogP contribution in [0, 0.1) is 6.92 Å². The monoisotopic (exact) mass is 245 g/mol. The minimum Gasteiger partial charge on any atom is -0.348 e. The normalized spacial score (nSPS) is 10.9. The van der Waals surface area contributed by atoms with Gasteiger partial charge in [-0.25, -0.2) is 4.52 Å². The number of nitrogens with one attached hydrogen (secondary N) is 1. The molecule has 0 aliphatic rings. The molecular formula is C11H11N5S. The molecule has 0 fully saturated rings. The number of nitrogens with zero attached hydrogens (tertiary/aromatic N) is 4. The summed E-state index contributed by atoms with van der Waals surface area (Å²) in [6, 6.07) is 5.93. The smallest absolute Gasteiger partial charge is 0.243 e. The summed E-state index contributed by atoms with van der Waals surface area (Å²) >= 11 is 1.62. The molecule has 3 aromatic heterocycles. The van der Waals surface area contributed by atoms with Gasteiger partial charge in [-0.2, -0.15) is 4.98 Å². The summed E-state index contributed by atoms with van der Waals surface area (Å²) in [5.41, 5.74) is 3.75. The summed E-state index contributed by atoms with van der Waals surface area (Å²) in [6.07, 6.45) is 1.85. The lowest BCUT2D eigenvalue weighted by Crippen LogP contribution is -1.99. The van der Waals surface area contributed by atoms with Crippen LogP contribution in [0.5, 0.6) is 0 Å². The van der Waals surface area contributed by atoms with Crippen molar-refractivity contribution in [1.29, 1.82) is 0 Å². The predicted molar refractivity (Wildman–Crippen MR) is 67.2 cm³/mol. The van der Waals surface area contributed by atoms with Gasteiger partial charge in [0, 0.05) is 16.8 Å². The average molecular weight is 245 g/mol. The summed E-state index contributed by atoms with van der Waals surface area (Å²) < 4.78 is 1.83. The molecule has 1 N–H and O–H groups in total. The number of hydrogen-bond donors (Lipinski definition) is 1. The van der Waals surface area contributed by atoms with E-state index in [1.807, 2.05) is 41.3 Å². The zero-order valence-electron chi connectivity index (χ0n) is 9.29. The van der Waals surface area contributed by atoms with Crippen molar-refractivity contribution < 1.29 is 0 Å². The molecule has 0 amide bonds. The molecule has 0 bridgehead atoms. The van der Waals surface area contributed by atoms with Gasteiger partial charge < -0.3 is 5.32 Å². The number of pyridine rings is 1. The van der Waals surface area contributed by atoms with Gasteiger partial charge in [-0.3, -0.25) is 4.98 Å². The van der Waals surface area contributed by atoms with E-state index in [9.17, 15) is 0 Å². The molecule has 0 atom stereocenters. The van der Waals surface area contributed by atoms with Crippen LogP contribution in [0.25, 0.3) is 5.65 Å². The maximum Gasteiger partial charge on any atom is 0.243 e. The number of hydrogen-bond acceptors (Lipinski definition) is 5. The Kier molecular flexibility index (Phi) is 2.49. The standard InChI is InChI=1S/C11H11N5S/c1-8-3-2-4-10-14-11(15-16(8)10)13-6-9-5-12-7-17-9/h2-5,7H,6H2,1H3,(H,13,15). The molecule has 0 radical (unpaired) electrons. The van der Waals surface area contributed by atoms with Gasteiger partial charge in [0.2, 0.25) is 5.95 Å². The average Bonchev–Trinajstić information content (AvgIpc) is 2.95. The molecule has 0 aromatic carbocycles. The molecule has 3 aromatic rings. The number of aromatic nitrogens is 4. The predicted octanol–water partition coefficient (Wildman–Crippen LogP) is 2.11. The van der Waals surface area contributed by atoms with Crippen molar-refractivity contribution in [3.63, 3.8) is 0 Å². The molecule has 5 nitrogen and oxygen atoms in total. The molecule has 0 unspecified atom stereocenters. The third-order valence-electron chi connectivity index (χ3n) is 2.45. The fourth-order valence-electron chi connectivity index (χ4n) is 1.61. The van der Waals surface area contributed by atoms with Crippen molar-refractivity contribution in [2.24, 2.45) is 0 Å². The van der Waals surface area contributed by atoms with E-state index >= 15 is 0 Å². The summed E-state index contributed by atoms with van der Waals surface area (Å²) in [4.78, 5) is 9.59. The van der Waals surface area contributed by atoms with Crippen LogP contribution in [0.15, 0.2) is 29.9 Å². The minimum absolute atomic E-state index is 0.646. The fourth-order valence-corrected chi connectivity index (χ4v) is 2.14.